The summed E-state index contributed by atoms with van der Waals surface area (Å²) in [6.07, 6.45) is 5.24. The summed E-state index contributed by atoms with van der Waals surface area (Å²) >= 11 is 0. The summed E-state index contributed by atoms with van der Waals surface area (Å²) in [5, 5.41) is 10.8. The van der Waals surface area contributed by atoms with Gasteiger partial charge in [-0.15, -0.1) is 0 Å². The third-order valence-corrected chi connectivity index (χ3v) is 5.41. The van der Waals surface area contributed by atoms with Gasteiger partial charge in [0, 0.05) is 18.4 Å². The molecule has 1 saturated heterocycles. The van der Waals surface area contributed by atoms with Gasteiger partial charge < -0.3 is 9.84 Å². The Bertz CT molecular complexity index is 520. The first kappa shape index (κ1) is 11.8. The molecule has 4 nitrogen and oxygen atoms in total. The summed E-state index contributed by atoms with van der Waals surface area (Å²) < 4.78 is 5.97. The number of ketones is 2. The van der Waals surface area contributed by atoms with Gasteiger partial charge in [0.05, 0.1) is 5.92 Å². The van der Waals surface area contributed by atoms with Crippen LogP contribution in [0.1, 0.15) is 51.4 Å². The molecule has 19 heavy (non-hydrogen) atoms. The van der Waals surface area contributed by atoms with E-state index in [4.69, 9.17) is 4.74 Å². The molecule has 0 amide bonds. The molecule has 2 fully saturated rings. The van der Waals surface area contributed by atoms with Gasteiger partial charge in [0.1, 0.15) is 5.60 Å². The summed E-state index contributed by atoms with van der Waals surface area (Å²) in [6, 6.07) is 0. The second-order valence-corrected chi connectivity index (χ2v) is 6.32. The van der Waals surface area contributed by atoms with E-state index in [0.29, 0.717) is 25.7 Å². The molecule has 1 unspecified atom stereocenters. The van der Waals surface area contributed by atoms with Gasteiger partial charge in [0.25, 0.3) is 0 Å². The van der Waals surface area contributed by atoms with Crippen molar-refractivity contribution in [1.82, 2.24) is 0 Å². The average molecular weight is 262 g/mol. The highest BCUT2D eigenvalue weighted by atomic mass is 16.6. The fourth-order valence-corrected chi connectivity index (χ4v) is 4.56. The van der Waals surface area contributed by atoms with Crippen molar-refractivity contribution < 1.29 is 19.4 Å². The first-order valence-corrected chi connectivity index (χ1v) is 7.29. The molecule has 1 spiro atoms. The highest BCUT2D eigenvalue weighted by molar-refractivity contribution is 6.06. The van der Waals surface area contributed by atoms with Crippen molar-refractivity contribution in [3.8, 4) is 0 Å². The van der Waals surface area contributed by atoms with Gasteiger partial charge in [-0.2, -0.15) is 0 Å². The van der Waals surface area contributed by atoms with Crippen LogP contribution in [0.4, 0.5) is 0 Å². The van der Waals surface area contributed by atoms with Crippen molar-refractivity contribution in [3.05, 3.63) is 11.1 Å². The van der Waals surface area contributed by atoms with Gasteiger partial charge in [0.15, 0.2) is 17.4 Å². The molecular weight excluding hydrogens is 244 g/mol. The number of aliphatic hydroxyl groups is 1. The molecule has 1 N–H and O–H groups in total. The number of hydrogen-bond acceptors (Lipinski definition) is 4. The smallest absolute Gasteiger partial charge is 0.190 e. The Labute approximate surface area is 111 Å². The molecule has 4 aliphatic rings. The molecule has 0 radical (unpaired) electrons. The molecule has 2 aliphatic heterocycles. The lowest BCUT2D eigenvalue weighted by atomic mass is 9.79. The number of hydrogen-bond donors (Lipinski definition) is 1. The van der Waals surface area contributed by atoms with E-state index in [1.165, 1.54) is 0 Å². The minimum Gasteiger partial charge on any atom is -0.362 e. The fraction of sp³-hybridized carbons (Fsp3) is 0.733. The minimum absolute atomic E-state index is 0.0187. The molecule has 1 saturated carbocycles. The van der Waals surface area contributed by atoms with Crippen molar-refractivity contribution in [2.45, 2.75) is 62.8 Å². The Morgan fingerprint density at radius 3 is 2.79 bits per heavy atom. The summed E-state index contributed by atoms with van der Waals surface area (Å²) in [5.74, 6) is -1.60. The molecule has 2 bridgehead atoms. The monoisotopic (exact) mass is 262 g/mol. The van der Waals surface area contributed by atoms with Gasteiger partial charge in [-0.3, -0.25) is 9.59 Å². The van der Waals surface area contributed by atoms with E-state index in [2.05, 4.69) is 0 Å². The molecular formula is C15H18O4. The maximum atomic E-state index is 12.7. The summed E-state index contributed by atoms with van der Waals surface area (Å²) in [6.45, 7) is 0. The predicted octanol–water partition coefficient (Wildman–Crippen LogP) is 1.66. The van der Waals surface area contributed by atoms with Crippen molar-refractivity contribution in [1.29, 1.82) is 0 Å². The maximum absolute atomic E-state index is 12.7. The van der Waals surface area contributed by atoms with E-state index < -0.39 is 11.4 Å². The molecule has 0 aromatic carbocycles. The normalized spacial score (nSPS) is 45.2. The number of rotatable bonds is 0. The zero-order valence-corrected chi connectivity index (χ0v) is 10.9. The van der Waals surface area contributed by atoms with Gasteiger partial charge in [-0.25, -0.2) is 0 Å². The number of carbonyl (C=O) groups excluding carboxylic acids is 2. The van der Waals surface area contributed by atoms with Crippen molar-refractivity contribution >= 4 is 11.6 Å². The minimum atomic E-state index is -1.35. The summed E-state index contributed by atoms with van der Waals surface area (Å²) in [7, 11) is 0. The molecule has 4 rings (SSSR count). The van der Waals surface area contributed by atoms with Gasteiger partial charge in [-0.1, -0.05) is 0 Å². The molecule has 102 valence electrons. The molecule has 0 aromatic rings. The SMILES string of the molecule is O=C1C2=C(CCC2)[C@@]2(O)CCC[C@@]3(O2)C(=O)CCC13. The lowest BCUT2D eigenvalue weighted by Gasteiger charge is -2.44. The zero-order valence-electron chi connectivity index (χ0n) is 10.9. The molecule has 0 aromatic heterocycles. The average Bonchev–Trinajstić information content (AvgIpc) is 2.95. The van der Waals surface area contributed by atoms with Crippen molar-refractivity contribution in [3.63, 3.8) is 0 Å². The van der Waals surface area contributed by atoms with Gasteiger partial charge in [0.2, 0.25) is 0 Å². The third kappa shape index (κ3) is 1.31. The van der Waals surface area contributed by atoms with E-state index in [1.54, 1.807) is 0 Å². The Morgan fingerprint density at radius 1 is 1.11 bits per heavy atom. The number of allylic oxidation sites excluding steroid dienone is 1. The fourth-order valence-electron chi connectivity index (χ4n) is 4.56. The van der Waals surface area contributed by atoms with Gasteiger partial charge in [-0.05, 0) is 44.1 Å². The molecule has 2 aliphatic carbocycles. The molecule has 4 heteroatoms. The van der Waals surface area contributed by atoms with E-state index in [9.17, 15) is 14.7 Å². The second kappa shape index (κ2) is 3.55. The second-order valence-electron chi connectivity index (χ2n) is 6.32. The van der Waals surface area contributed by atoms with Crippen LogP contribution in [0.5, 0.6) is 0 Å². The van der Waals surface area contributed by atoms with Crippen LogP contribution in [0.15, 0.2) is 11.1 Å². The van der Waals surface area contributed by atoms with Crippen LogP contribution >= 0.6 is 0 Å². The van der Waals surface area contributed by atoms with Crippen LogP contribution in [-0.2, 0) is 14.3 Å². The van der Waals surface area contributed by atoms with Gasteiger partial charge >= 0.3 is 0 Å². The lowest BCUT2D eigenvalue weighted by Crippen LogP contribution is -2.54. The Kier molecular flexibility index (Phi) is 2.21. The first-order chi connectivity index (χ1) is 9.07. The first-order valence-electron chi connectivity index (χ1n) is 7.29. The number of fused-ring (bicyclic) bond motifs is 2. The predicted molar refractivity (Wildman–Crippen MR) is 66.2 cm³/mol. The van der Waals surface area contributed by atoms with Crippen LogP contribution in [0.3, 0.4) is 0 Å². The molecule has 3 atom stereocenters. The van der Waals surface area contributed by atoms with Crippen LogP contribution in [0, 0.1) is 5.92 Å². The van der Waals surface area contributed by atoms with Crippen LogP contribution in [-0.4, -0.2) is 28.1 Å². The highest BCUT2D eigenvalue weighted by Gasteiger charge is 2.62. The van der Waals surface area contributed by atoms with E-state index in [-0.39, 0.29) is 17.5 Å². The Hall–Kier alpha value is -1.00. The van der Waals surface area contributed by atoms with Crippen LogP contribution < -0.4 is 0 Å². The van der Waals surface area contributed by atoms with Crippen molar-refractivity contribution in [2.24, 2.45) is 5.92 Å². The Balaban J connectivity index is 1.92. The van der Waals surface area contributed by atoms with E-state index in [1.807, 2.05) is 0 Å². The number of Topliss-reactive ketones (excluding diaryl/α,β-unsaturated/α-hetero) is 2. The zero-order chi connectivity index (χ0) is 13.3. The van der Waals surface area contributed by atoms with Crippen LogP contribution in [0.25, 0.3) is 0 Å². The van der Waals surface area contributed by atoms with E-state index in [0.717, 1.165) is 36.8 Å². The highest BCUT2D eigenvalue weighted by Crippen LogP contribution is 2.54. The third-order valence-electron chi connectivity index (χ3n) is 5.41. The largest absolute Gasteiger partial charge is 0.362 e. The lowest BCUT2D eigenvalue weighted by molar-refractivity contribution is -0.266. The molecule has 2 heterocycles. The number of carbonyl (C=O) groups is 2. The van der Waals surface area contributed by atoms with E-state index >= 15 is 0 Å². The summed E-state index contributed by atoms with van der Waals surface area (Å²) in [5.41, 5.74) is 0.527. The topological polar surface area (TPSA) is 63.6 Å². The quantitative estimate of drug-likeness (QED) is 0.721. The van der Waals surface area contributed by atoms with Crippen molar-refractivity contribution in [2.75, 3.05) is 0 Å². The Morgan fingerprint density at radius 2 is 1.95 bits per heavy atom. The summed E-state index contributed by atoms with van der Waals surface area (Å²) in [4.78, 5) is 25.0. The standard InChI is InChI=1S/C15H18O4/c16-12-6-5-11-13(17)9-3-1-4-10(9)15(18)8-2-7-14(11,12)19-15/h11,18H,1-8H2/t11?,14-,15+/m0/s1. The van der Waals surface area contributed by atoms with Crippen LogP contribution in [0.2, 0.25) is 0 Å². The number of ether oxygens (including phenoxy) is 1. The maximum Gasteiger partial charge on any atom is 0.190 e.